The molecule has 0 fully saturated rings. The van der Waals surface area contributed by atoms with Crippen molar-refractivity contribution in [2.75, 3.05) is 19.6 Å². The molecule has 0 saturated carbocycles. The number of hydrogen-bond acceptors (Lipinski definition) is 3. The number of carbonyl (C=O) groups is 1. The number of nitrogens with one attached hydrogen (secondary N) is 1. The number of halogens is 1. The Kier molecular flexibility index (Phi) is 6.96. The van der Waals surface area contributed by atoms with Crippen molar-refractivity contribution in [3.8, 4) is 0 Å². The normalized spacial score (nSPS) is 12.2. The zero-order valence-electron chi connectivity index (χ0n) is 16.7. The first kappa shape index (κ1) is 22.0. The fourth-order valence-electron chi connectivity index (χ4n) is 2.94. The highest BCUT2D eigenvalue weighted by atomic mass is 32.2. The van der Waals surface area contributed by atoms with Crippen LogP contribution in [0, 0.1) is 5.82 Å². The minimum Gasteiger partial charge on any atom is -0.351 e. The number of carbonyl (C=O) groups excluding carboxylic acids is 1. The molecule has 0 aliphatic heterocycles. The molecular weight excluding hydrogens is 379 g/mol. The molecule has 0 aromatic heterocycles. The highest BCUT2D eigenvalue weighted by Gasteiger charge is 2.26. The van der Waals surface area contributed by atoms with Crippen LogP contribution in [0.25, 0.3) is 0 Å². The van der Waals surface area contributed by atoms with Gasteiger partial charge >= 0.3 is 0 Å². The predicted octanol–water partition coefficient (Wildman–Crippen LogP) is 3.56. The highest BCUT2D eigenvalue weighted by molar-refractivity contribution is 7.89. The Bertz CT molecular complexity index is 924. The molecule has 0 aliphatic carbocycles. The molecular formula is C21H27FN2O3S. The Morgan fingerprint density at radius 1 is 1.07 bits per heavy atom. The van der Waals surface area contributed by atoms with Crippen LogP contribution in [0.3, 0.4) is 0 Å². The van der Waals surface area contributed by atoms with E-state index in [-0.39, 0.29) is 22.4 Å². The third-order valence-electron chi connectivity index (χ3n) is 4.77. The van der Waals surface area contributed by atoms with Gasteiger partial charge in [0.1, 0.15) is 5.82 Å². The van der Waals surface area contributed by atoms with E-state index in [0.29, 0.717) is 13.1 Å². The minimum absolute atomic E-state index is 0.0925. The molecule has 5 nitrogen and oxygen atoms in total. The van der Waals surface area contributed by atoms with Crippen LogP contribution >= 0.6 is 0 Å². The van der Waals surface area contributed by atoms with Gasteiger partial charge in [-0.15, -0.1) is 0 Å². The van der Waals surface area contributed by atoms with E-state index in [1.807, 2.05) is 44.2 Å². The summed E-state index contributed by atoms with van der Waals surface area (Å²) in [4.78, 5) is 12.5. The molecule has 0 spiro atoms. The van der Waals surface area contributed by atoms with Gasteiger partial charge in [0, 0.05) is 25.0 Å². The Morgan fingerprint density at radius 3 is 2.25 bits per heavy atom. The van der Waals surface area contributed by atoms with Gasteiger partial charge in [0.25, 0.3) is 5.91 Å². The molecule has 2 aromatic rings. The van der Waals surface area contributed by atoms with Gasteiger partial charge in [-0.2, -0.15) is 4.31 Å². The van der Waals surface area contributed by atoms with Crippen LogP contribution in [0.4, 0.5) is 4.39 Å². The molecule has 7 heteroatoms. The van der Waals surface area contributed by atoms with Crippen molar-refractivity contribution in [2.24, 2.45) is 0 Å². The van der Waals surface area contributed by atoms with E-state index in [2.05, 4.69) is 5.32 Å². The summed E-state index contributed by atoms with van der Waals surface area (Å²) in [5.41, 5.74) is 0.393. The molecule has 0 saturated heterocycles. The van der Waals surface area contributed by atoms with Gasteiger partial charge in [0.2, 0.25) is 10.0 Å². The fraction of sp³-hybridized carbons (Fsp3) is 0.381. The van der Waals surface area contributed by atoms with E-state index >= 15 is 0 Å². The standard InChI is InChI=1S/C21H27FN2O3S/c1-5-24(6-2)28(26,27)17-12-13-19(22)18(14-17)20(25)23-15-21(3,4)16-10-8-7-9-11-16/h7-14H,5-6,15H2,1-4H3,(H,23,25). The number of amides is 1. The van der Waals surface area contributed by atoms with Gasteiger partial charge in [-0.25, -0.2) is 12.8 Å². The first-order chi connectivity index (χ1) is 13.1. The molecule has 0 atom stereocenters. The van der Waals surface area contributed by atoms with E-state index < -0.39 is 21.7 Å². The second-order valence-corrected chi connectivity index (χ2v) is 9.10. The van der Waals surface area contributed by atoms with Gasteiger partial charge < -0.3 is 5.32 Å². The predicted molar refractivity (Wildman–Crippen MR) is 108 cm³/mol. The minimum atomic E-state index is -3.77. The summed E-state index contributed by atoms with van der Waals surface area (Å²) >= 11 is 0. The van der Waals surface area contributed by atoms with Crippen LogP contribution in [0.5, 0.6) is 0 Å². The molecule has 1 N–H and O–H groups in total. The SMILES string of the molecule is CCN(CC)S(=O)(=O)c1ccc(F)c(C(=O)NCC(C)(C)c2ccccc2)c1. The number of benzene rings is 2. The Morgan fingerprint density at radius 2 is 1.68 bits per heavy atom. The van der Waals surface area contributed by atoms with Crippen molar-refractivity contribution in [3.63, 3.8) is 0 Å². The molecule has 0 radical (unpaired) electrons. The maximum absolute atomic E-state index is 14.2. The number of rotatable bonds is 8. The average Bonchev–Trinajstić information content (AvgIpc) is 2.68. The number of sulfonamides is 1. The van der Waals surface area contributed by atoms with Crippen LogP contribution in [0.2, 0.25) is 0 Å². The van der Waals surface area contributed by atoms with E-state index in [1.54, 1.807) is 13.8 Å². The summed E-state index contributed by atoms with van der Waals surface area (Å²) in [5, 5.41) is 2.73. The van der Waals surface area contributed by atoms with Crippen LogP contribution in [0.15, 0.2) is 53.4 Å². The first-order valence-electron chi connectivity index (χ1n) is 9.27. The van der Waals surface area contributed by atoms with E-state index in [4.69, 9.17) is 0 Å². The quantitative estimate of drug-likeness (QED) is 0.729. The second-order valence-electron chi connectivity index (χ2n) is 7.16. The third-order valence-corrected chi connectivity index (χ3v) is 6.82. The molecule has 0 bridgehead atoms. The smallest absolute Gasteiger partial charge is 0.254 e. The zero-order chi connectivity index (χ0) is 20.9. The van der Waals surface area contributed by atoms with Gasteiger partial charge in [0.05, 0.1) is 10.5 Å². The van der Waals surface area contributed by atoms with Crippen molar-refractivity contribution < 1.29 is 17.6 Å². The van der Waals surface area contributed by atoms with Gasteiger partial charge in [-0.05, 0) is 23.8 Å². The second kappa shape index (κ2) is 8.84. The van der Waals surface area contributed by atoms with Crippen LogP contribution in [0.1, 0.15) is 43.6 Å². The van der Waals surface area contributed by atoms with Crippen LogP contribution in [-0.2, 0) is 15.4 Å². The molecule has 0 unspecified atom stereocenters. The van der Waals surface area contributed by atoms with Gasteiger partial charge in [-0.3, -0.25) is 4.79 Å². The average molecular weight is 407 g/mol. The fourth-order valence-corrected chi connectivity index (χ4v) is 4.42. The molecule has 2 rings (SSSR count). The van der Waals surface area contributed by atoms with E-state index in [9.17, 15) is 17.6 Å². The van der Waals surface area contributed by atoms with Crippen molar-refractivity contribution in [1.29, 1.82) is 0 Å². The largest absolute Gasteiger partial charge is 0.351 e. The Hall–Kier alpha value is -2.25. The van der Waals surface area contributed by atoms with Crippen molar-refractivity contribution in [1.82, 2.24) is 9.62 Å². The van der Waals surface area contributed by atoms with Crippen molar-refractivity contribution in [2.45, 2.75) is 38.0 Å². The lowest BCUT2D eigenvalue weighted by atomic mass is 9.84. The molecule has 0 aliphatic rings. The summed E-state index contributed by atoms with van der Waals surface area (Å²) < 4.78 is 40.8. The highest BCUT2D eigenvalue weighted by Crippen LogP contribution is 2.23. The van der Waals surface area contributed by atoms with Crippen LogP contribution < -0.4 is 5.32 Å². The summed E-state index contributed by atoms with van der Waals surface area (Å²) in [6.07, 6.45) is 0. The van der Waals surface area contributed by atoms with Crippen LogP contribution in [-0.4, -0.2) is 38.3 Å². The van der Waals surface area contributed by atoms with Crippen molar-refractivity contribution in [3.05, 3.63) is 65.5 Å². The topological polar surface area (TPSA) is 66.5 Å². The summed E-state index contributed by atoms with van der Waals surface area (Å²) in [6.45, 7) is 8.27. The van der Waals surface area contributed by atoms with E-state index in [1.165, 1.54) is 10.4 Å². The van der Waals surface area contributed by atoms with Gasteiger partial charge in [0.15, 0.2) is 0 Å². The maximum atomic E-state index is 14.2. The third kappa shape index (κ3) is 4.77. The molecule has 1 amide bonds. The summed E-state index contributed by atoms with van der Waals surface area (Å²) in [7, 11) is -3.77. The number of hydrogen-bond donors (Lipinski definition) is 1. The number of nitrogens with zero attached hydrogens (tertiary/aromatic N) is 1. The maximum Gasteiger partial charge on any atom is 0.254 e. The Labute approximate surface area is 166 Å². The van der Waals surface area contributed by atoms with E-state index in [0.717, 1.165) is 17.7 Å². The summed E-state index contributed by atoms with van der Waals surface area (Å²) in [6, 6.07) is 13.0. The lowest BCUT2D eigenvalue weighted by Gasteiger charge is -2.25. The lowest BCUT2D eigenvalue weighted by Crippen LogP contribution is -2.37. The van der Waals surface area contributed by atoms with Crippen molar-refractivity contribution >= 4 is 15.9 Å². The Balaban J connectivity index is 2.24. The summed E-state index contributed by atoms with van der Waals surface area (Å²) in [5.74, 6) is -1.40. The van der Waals surface area contributed by atoms with Gasteiger partial charge in [-0.1, -0.05) is 58.0 Å². The zero-order valence-corrected chi connectivity index (χ0v) is 17.5. The first-order valence-corrected chi connectivity index (χ1v) is 10.7. The molecule has 152 valence electrons. The molecule has 2 aromatic carbocycles. The monoisotopic (exact) mass is 406 g/mol. The molecule has 0 heterocycles. The lowest BCUT2D eigenvalue weighted by molar-refractivity contribution is 0.0941. The molecule has 28 heavy (non-hydrogen) atoms.